The molecule has 1 atom stereocenters. The van der Waals surface area contributed by atoms with Crippen LogP contribution in [0.2, 0.25) is 0 Å². The number of thiophene rings is 1. The van der Waals surface area contributed by atoms with Gasteiger partial charge in [-0.25, -0.2) is 8.78 Å². The normalized spacial score (nSPS) is 12.8. The zero-order chi connectivity index (χ0) is 12.6. The van der Waals surface area contributed by atoms with Gasteiger partial charge < -0.3 is 5.11 Å². The van der Waals surface area contributed by atoms with Crippen molar-refractivity contribution in [1.29, 1.82) is 0 Å². The molecule has 0 aliphatic rings. The van der Waals surface area contributed by atoms with Gasteiger partial charge in [0.1, 0.15) is 17.7 Å². The minimum Gasteiger partial charge on any atom is -0.383 e. The maximum absolute atomic E-state index is 13.6. The van der Waals surface area contributed by atoms with Crippen LogP contribution in [0.1, 0.15) is 22.1 Å². The first-order chi connectivity index (χ1) is 7.99. The lowest BCUT2D eigenvalue weighted by molar-refractivity contribution is 0.218. The van der Waals surface area contributed by atoms with Crippen molar-refractivity contribution in [2.75, 3.05) is 0 Å². The average Bonchev–Trinajstić information content (AvgIpc) is 2.69. The van der Waals surface area contributed by atoms with E-state index in [1.807, 2.05) is 0 Å². The summed E-state index contributed by atoms with van der Waals surface area (Å²) in [4.78, 5) is 0.613. The fourth-order valence-corrected chi connectivity index (χ4v) is 2.95. The molecule has 0 aliphatic carbocycles. The third-order valence-corrected chi connectivity index (χ3v) is 4.11. The Hall–Kier alpha value is -0.780. The fourth-order valence-electron chi connectivity index (χ4n) is 1.52. The zero-order valence-corrected chi connectivity index (χ0v) is 11.3. The number of hydrogen-bond donors (Lipinski definition) is 1. The van der Waals surface area contributed by atoms with Crippen LogP contribution in [0.15, 0.2) is 28.1 Å². The van der Waals surface area contributed by atoms with Crippen LogP contribution in [-0.2, 0) is 0 Å². The van der Waals surface area contributed by atoms with Gasteiger partial charge in [-0.2, -0.15) is 0 Å². The van der Waals surface area contributed by atoms with Crippen molar-refractivity contribution >= 4 is 27.3 Å². The van der Waals surface area contributed by atoms with E-state index >= 15 is 0 Å². The molecule has 0 radical (unpaired) electrons. The van der Waals surface area contributed by atoms with E-state index in [4.69, 9.17) is 0 Å². The van der Waals surface area contributed by atoms with Crippen LogP contribution in [0.5, 0.6) is 0 Å². The summed E-state index contributed by atoms with van der Waals surface area (Å²) in [5.41, 5.74) is 0.411. The van der Waals surface area contributed by atoms with E-state index in [1.54, 1.807) is 12.1 Å². The van der Waals surface area contributed by atoms with Crippen molar-refractivity contribution in [1.82, 2.24) is 0 Å². The SMILES string of the molecule is Cc1cc(C(O)c2ccc(Br)s2)c(F)cc1F. The van der Waals surface area contributed by atoms with Crippen molar-refractivity contribution in [2.24, 2.45) is 0 Å². The van der Waals surface area contributed by atoms with E-state index in [2.05, 4.69) is 15.9 Å². The lowest BCUT2D eigenvalue weighted by Crippen LogP contribution is -2.02. The molecule has 0 fully saturated rings. The second-order valence-electron chi connectivity index (χ2n) is 3.67. The molecule has 0 bridgehead atoms. The standard InChI is InChI=1S/C12H9BrF2OS/c1-6-4-7(9(15)5-8(6)14)12(16)10-2-3-11(13)17-10/h2-5,12,16H,1H3. The summed E-state index contributed by atoms with van der Waals surface area (Å²) in [5, 5.41) is 10.0. The van der Waals surface area contributed by atoms with E-state index in [-0.39, 0.29) is 5.56 Å². The lowest BCUT2D eigenvalue weighted by Gasteiger charge is -2.11. The predicted molar refractivity (Wildman–Crippen MR) is 67.2 cm³/mol. The van der Waals surface area contributed by atoms with Crippen molar-refractivity contribution in [3.05, 3.63) is 55.7 Å². The molecule has 0 aliphatic heterocycles. The Bertz CT molecular complexity index is 553. The van der Waals surface area contributed by atoms with Gasteiger partial charge in [0.15, 0.2) is 0 Å². The van der Waals surface area contributed by atoms with Gasteiger partial charge in [-0.15, -0.1) is 11.3 Å². The van der Waals surface area contributed by atoms with Crippen LogP contribution in [0.3, 0.4) is 0 Å². The highest BCUT2D eigenvalue weighted by Crippen LogP contribution is 2.32. The summed E-state index contributed by atoms with van der Waals surface area (Å²) in [5.74, 6) is -1.34. The highest BCUT2D eigenvalue weighted by atomic mass is 79.9. The highest BCUT2D eigenvalue weighted by molar-refractivity contribution is 9.11. The van der Waals surface area contributed by atoms with Crippen LogP contribution < -0.4 is 0 Å². The molecule has 2 rings (SSSR count). The number of halogens is 3. The molecule has 1 N–H and O–H groups in total. The molecule has 0 amide bonds. The second kappa shape index (κ2) is 4.84. The van der Waals surface area contributed by atoms with Crippen LogP contribution >= 0.6 is 27.3 Å². The first-order valence-electron chi connectivity index (χ1n) is 4.88. The van der Waals surface area contributed by atoms with Crippen LogP contribution in [0.25, 0.3) is 0 Å². The average molecular weight is 319 g/mol. The van der Waals surface area contributed by atoms with E-state index in [9.17, 15) is 13.9 Å². The maximum atomic E-state index is 13.6. The highest BCUT2D eigenvalue weighted by Gasteiger charge is 2.18. The number of benzene rings is 1. The van der Waals surface area contributed by atoms with E-state index < -0.39 is 17.7 Å². The molecule has 1 aromatic carbocycles. The van der Waals surface area contributed by atoms with Crippen LogP contribution in [0.4, 0.5) is 8.78 Å². The largest absolute Gasteiger partial charge is 0.383 e. The third-order valence-electron chi connectivity index (χ3n) is 2.44. The quantitative estimate of drug-likeness (QED) is 0.880. The monoisotopic (exact) mass is 318 g/mol. The molecule has 2 aromatic rings. The molecule has 0 saturated carbocycles. The minimum absolute atomic E-state index is 0.0956. The number of hydrogen-bond acceptors (Lipinski definition) is 2. The number of aryl methyl sites for hydroxylation is 1. The smallest absolute Gasteiger partial charge is 0.132 e. The maximum Gasteiger partial charge on any atom is 0.132 e. The Morgan fingerprint density at radius 2 is 1.94 bits per heavy atom. The number of aliphatic hydroxyl groups is 1. The van der Waals surface area contributed by atoms with Gasteiger partial charge in [0, 0.05) is 16.5 Å². The Morgan fingerprint density at radius 1 is 1.24 bits per heavy atom. The molecule has 5 heteroatoms. The lowest BCUT2D eigenvalue weighted by atomic mass is 10.0. The molecular formula is C12H9BrF2OS. The van der Waals surface area contributed by atoms with Crippen molar-refractivity contribution in [3.63, 3.8) is 0 Å². The van der Waals surface area contributed by atoms with E-state index in [1.165, 1.54) is 24.3 Å². The summed E-state index contributed by atoms with van der Waals surface area (Å²) in [7, 11) is 0. The molecule has 90 valence electrons. The summed E-state index contributed by atoms with van der Waals surface area (Å²) in [6, 6.07) is 5.62. The molecule has 17 heavy (non-hydrogen) atoms. The third kappa shape index (κ3) is 2.56. The first-order valence-corrected chi connectivity index (χ1v) is 6.49. The summed E-state index contributed by atoms with van der Waals surface area (Å²) < 4.78 is 27.5. The first kappa shape index (κ1) is 12.7. The van der Waals surface area contributed by atoms with Gasteiger partial charge in [0.25, 0.3) is 0 Å². The van der Waals surface area contributed by atoms with Gasteiger partial charge in [-0.05, 0) is 46.6 Å². The molecular weight excluding hydrogens is 310 g/mol. The van der Waals surface area contributed by atoms with Crippen molar-refractivity contribution in [2.45, 2.75) is 13.0 Å². The molecule has 0 spiro atoms. The zero-order valence-electron chi connectivity index (χ0n) is 8.88. The van der Waals surface area contributed by atoms with Gasteiger partial charge in [-0.3, -0.25) is 0 Å². The summed E-state index contributed by atoms with van der Waals surface area (Å²) >= 11 is 4.59. The number of aliphatic hydroxyl groups excluding tert-OH is 1. The second-order valence-corrected chi connectivity index (χ2v) is 6.16. The predicted octanol–water partition coefficient (Wildman–Crippen LogP) is 4.18. The molecule has 1 aromatic heterocycles. The van der Waals surface area contributed by atoms with Gasteiger partial charge in [0.2, 0.25) is 0 Å². The minimum atomic E-state index is -1.06. The Balaban J connectivity index is 2.43. The Kier molecular flexibility index (Phi) is 3.61. The van der Waals surface area contributed by atoms with E-state index in [0.717, 1.165) is 9.85 Å². The fraction of sp³-hybridized carbons (Fsp3) is 0.167. The van der Waals surface area contributed by atoms with Gasteiger partial charge in [-0.1, -0.05) is 0 Å². The summed E-state index contributed by atoms with van der Waals surface area (Å²) in [6.07, 6.45) is -1.06. The Labute approximate surface area is 110 Å². The number of rotatable bonds is 2. The van der Waals surface area contributed by atoms with Crippen LogP contribution in [-0.4, -0.2) is 5.11 Å². The topological polar surface area (TPSA) is 20.2 Å². The molecule has 1 heterocycles. The van der Waals surface area contributed by atoms with E-state index in [0.29, 0.717) is 10.4 Å². The van der Waals surface area contributed by atoms with Crippen molar-refractivity contribution in [3.8, 4) is 0 Å². The molecule has 0 saturated heterocycles. The van der Waals surface area contributed by atoms with Crippen LogP contribution in [0, 0.1) is 18.6 Å². The van der Waals surface area contributed by atoms with Crippen molar-refractivity contribution < 1.29 is 13.9 Å². The van der Waals surface area contributed by atoms with Gasteiger partial charge >= 0.3 is 0 Å². The molecule has 1 nitrogen and oxygen atoms in total. The molecule has 1 unspecified atom stereocenters. The summed E-state index contributed by atoms with van der Waals surface area (Å²) in [6.45, 7) is 1.54. The van der Waals surface area contributed by atoms with Gasteiger partial charge in [0.05, 0.1) is 3.79 Å². The Morgan fingerprint density at radius 3 is 2.53 bits per heavy atom.